The fourth-order valence-electron chi connectivity index (χ4n) is 6.24. The number of rotatable bonds is 13. The molecule has 0 amide bonds. The lowest BCUT2D eigenvalue weighted by Crippen LogP contribution is -2.66. The van der Waals surface area contributed by atoms with Crippen molar-refractivity contribution in [2.24, 2.45) is 0 Å². The average molecular weight is 787 g/mol. The zero-order chi connectivity index (χ0) is 40.1. The van der Waals surface area contributed by atoms with Crippen molar-refractivity contribution in [2.45, 2.75) is 105 Å². The van der Waals surface area contributed by atoms with Crippen LogP contribution in [0.25, 0.3) is 6.08 Å². The van der Waals surface area contributed by atoms with Crippen LogP contribution in [-0.2, 0) is 44.4 Å². The Morgan fingerprint density at radius 1 is 0.655 bits per heavy atom. The minimum Gasteiger partial charge on any atom is -0.504 e. The highest BCUT2D eigenvalue weighted by atomic mass is 16.8. The van der Waals surface area contributed by atoms with Gasteiger partial charge in [-0.2, -0.15) is 0 Å². The Balaban J connectivity index is 1.37. The van der Waals surface area contributed by atoms with E-state index in [0.717, 1.165) is 12.1 Å². The molecule has 3 aliphatic rings. The molecule has 0 unspecified atom stereocenters. The van der Waals surface area contributed by atoms with Gasteiger partial charge in [-0.1, -0.05) is 12.1 Å². The van der Waals surface area contributed by atoms with Gasteiger partial charge in [0.1, 0.15) is 61.0 Å². The van der Waals surface area contributed by atoms with E-state index >= 15 is 0 Å². The summed E-state index contributed by atoms with van der Waals surface area (Å²) in [6.07, 6.45) is -22.8. The number of hydrogen-bond acceptors (Lipinski definition) is 20. The highest BCUT2D eigenvalue weighted by Crippen LogP contribution is 2.34. The molecule has 3 fully saturated rings. The number of benzene rings is 2. The number of carbonyl (C=O) groups is 1. The van der Waals surface area contributed by atoms with Crippen molar-refractivity contribution in [3.63, 3.8) is 0 Å². The van der Waals surface area contributed by atoms with Crippen molar-refractivity contribution in [3.05, 3.63) is 53.6 Å². The molecule has 20 heteroatoms. The van der Waals surface area contributed by atoms with Gasteiger partial charge >= 0.3 is 5.97 Å². The van der Waals surface area contributed by atoms with Crippen molar-refractivity contribution in [2.75, 3.05) is 19.8 Å². The molecule has 3 heterocycles. The minimum atomic E-state index is -1.96. The molecule has 0 spiro atoms. The fraction of sp³-hybridized carbons (Fsp3) is 0.571. The lowest BCUT2D eigenvalue weighted by Gasteiger charge is -2.48. The van der Waals surface area contributed by atoms with Crippen LogP contribution in [0.1, 0.15) is 18.1 Å². The first-order chi connectivity index (χ1) is 26.1. The molecule has 15 atom stereocenters. The molecule has 12 N–H and O–H groups in total. The van der Waals surface area contributed by atoms with Crippen molar-refractivity contribution in [1.29, 1.82) is 0 Å². The number of ether oxygens (including phenoxy) is 7. The molecule has 2 aromatic rings. The molecule has 3 aliphatic heterocycles. The molecule has 0 aromatic heterocycles. The summed E-state index contributed by atoms with van der Waals surface area (Å²) in [5.41, 5.74) is 0.815. The third kappa shape index (κ3) is 9.82. The second kappa shape index (κ2) is 18.5. The highest BCUT2D eigenvalue weighted by molar-refractivity contribution is 5.87. The first-order valence-electron chi connectivity index (χ1n) is 17.2. The van der Waals surface area contributed by atoms with Crippen molar-refractivity contribution < 1.29 is 99.2 Å². The summed E-state index contributed by atoms with van der Waals surface area (Å²) in [4.78, 5) is 13.1. The first-order valence-corrected chi connectivity index (χ1v) is 17.2. The number of phenols is 4. The van der Waals surface area contributed by atoms with Gasteiger partial charge in [-0.3, -0.25) is 0 Å². The van der Waals surface area contributed by atoms with Gasteiger partial charge in [0.15, 0.2) is 48.0 Å². The maximum Gasteiger partial charge on any atom is 0.331 e. The van der Waals surface area contributed by atoms with Gasteiger partial charge in [0, 0.05) is 6.08 Å². The number of aliphatic hydroxyl groups is 8. The molecule has 306 valence electrons. The Hall–Kier alpha value is -3.71. The van der Waals surface area contributed by atoms with Crippen LogP contribution in [0.2, 0.25) is 0 Å². The maximum atomic E-state index is 13.1. The number of esters is 1. The molecule has 0 aliphatic carbocycles. The van der Waals surface area contributed by atoms with E-state index in [9.17, 15) is 66.1 Å². The summed E-state index contributed by atoms with van der Waals surface area (Å²) in [5, 5.41) is 123. The number of aromatic hydroxyl groups is 4. The minimum absolute atomic E-state index is 0.141. The molecule has 55 heavy (non-hydrogen) atoms. The molecule has 3 saturated heterocycles. The van der Waals surface area contributed by atoms with Crippen LogP contribution in [0.3, 0.4) is 0 Å². The predicted molar refractivity (Wildman–Crippen MR) is 180 cm³/mol. The van der Waals surface area contributed by atoms with Crippen LogP contribution < -0.4 is 0 Å². The Labute approximate surface area is 313 Å². The standard InChI is InChI=1S/C35H46O20/c1-14-24(43)31(54-34-27(46)26(45)25(44)21(12-36)51-34)28(47)35(50-14)55-32-29(48)33(49-9-8-16-3-6-18(39)20(41)11-16)52-22(13-37)30(32)53-23(42)7-4-15-2-5-17(38)19(40)10-15/h2-7,10-11,14,21-22,24-41,43-48H,8-9,12-13H2,1H3/b7-4+/t14-,21+,22+,24-,25+,26-,27+,28+,29+,30+,31+,32+,33+,34-,35-/m0/s1. The number of phenolic OH excluding ortho intramolecular Hbond substituents is 4. The number of aliphatic hydroxyl groups excluding tert-OH is 8. The number of carbonyl (C=O) groups excluding carboxylic acids is 1. The van der Waals surface area contributed by atoms with E-state index in [1.807, 2.05) is 0 Å². The third-order valence-corrected chi connectivity index (χ3v) is 9.38. The third-order valence-electron chi connectivity index (χ3n) is 9.38. The predicted octanol–water partition coefficient (Wildman–Crippen LogP) is -3.19. The van der Waals surface area contributed by atoms with E-state index in [1.165, 1.54) is 43.3 Å². The fourth-order valence-corrected chi connectivity index (χ4v) is 6.24. The van der Waals surface area contributed by atoms with Gasteiger partial charge in [-0.25, -0.2) is 4.79 Å². The Morgan fingerprint density at radius 2 is 1.25 bits per heavy atom. The second-order valence-electron chi connectivity index (χ2n) is 13.2. The number of hydrogen-bond donors (Lipinski definition) is 12. The molecule has 2 aromatic carbocycles. The summed E-state index contributed by atoms with van der Waals surface area (Å²) in [7, 11) is 0. The van der Waals surface area contributed by atoms with Crippen LogP contribution in [0.4, 0.5) is 0 Å². The van der Waals surface area contributed by atoms with E-state index in [1.54, 1.807) is 0 Å². The normalized spacial score (nSPS) is 36.9. The van der Waals surface area contributed by atoms with Crippen molar-refractivity contribution in [3.8, 4) is 23.0 Å². The van der Waals surface area contributed by atoms with Gasteiger partial charge in [-0.05, 0) is 54.8 Å². The van der Waals surface area contributed by atoms with Crippen LogP contribution in [-0.4, -0.2) is 179 Å². The zero-order valence-corrected chi connectivity index (χ0v) is 29.2. The first kappa shape index (κ1) is 42.4. The quantitative estimate of drug-likeness (QED) is 0.0541. The van der Waals surface area contributed by atoms with E-state index < -0.39 is 123 Å². The van der Waals surface area contributed by atoms with E-state index in [2.05, 4.69) is 0 Å². The molecular weight excluding hydrogens is 740 g/mol. The van der Waals surface area contributed by atoms with Crippen LogP contribution in [0, 0.1) is 0 Å². The van der Waals surface area contributed by atoms with Gasteiger partial charge < -0.3 is 94.4 Å². The van der Waals surface area contributed by atoms with Crippen LogP contribution in [0.5, 0.6) is 23.0 Å². The molecule has 0 radical (unpaired) electrons. The van der Waals surface area contributed by atoms with Gasteiger partial charge in [-0.15, -0.1) is 0 Å². The molecule has 5 rings (SSSR count). The van der Waals surface area contributed by atoms with Gasteiger partial charge in [0.25, 0.3) is 0 Å². The highest BCUT2D eigenvalue weighted by Gasteiger charge is 2.54. The maximum absolute atomic E-state index is 13.1. The van der Waals surface area contributed by atoms with E-state index in [-0.39, 0.29) is 30.1 Å². The monoisotopic (exact) mass is 786 g/mol. The van der Waals surface area contributed by atoms with E-state index in [4.69, 9.17) is 33.2 Å². The lowest BCUT2D eigenvalue weighted by molar-refractivity contribution is -0.378. The molecule has 0 saturated carbocycles. The summed E-state index contributed by atoms with van der Waals surface area (Å²) < 4.78 is 39.8. The Bertz CT molecular complexity index is 1610. The van der Waals surface area contributed by atoms with Crippen molar-refractivity contribution in [1.82, 2.24) is 0 Å². The second-order valence-corrected chi connectivity index (χ2v) is 13.2. The SMILES string of the molecule is C[C@@H]1O[C@@H](O[C@@H]2[C@@H](O)[C@H](OCCc3ccc(O)c(O)c3)O[C@H](CO)[C@H]2OC(=O)/C=C/c2ccc(O)c(O)c2)[C@H](O)[C@H](O[C@@H]2O[C@H](CO)[C@@H](O)[C@H](O)[C@H]2O)[C@H]1O. The topological polar surface area (TPSA) is 324 Å². The summed E-state index contributed by atoms with van der Waals surface area (Å²) in [5.74, 6) is -2.62. The smallest absolute Gasteiger partial charge is 0.331 e. The Morgan fingerprint density at radius 3 is 1.91 bits per heavy atom. The summed E-state index contributed by atoms with van der Waals surface area (Å²) >= 11 is 0. The molecule has 0 bridgehead atoms. The van der Waals surface area contributed by atoms with Crippen molar-refractivity contribution >= 4 is 12.0 Å². The van der Waals surface area contributed by atoms with Gasteiger partial charge in [0.05, 0.1) is 25.9 Å². The lowest BCUT2D eigenvalue weighted by atomic mass is 9.96. The van der Waals surface area contributed by atoms with Crippen LogP contribution in [0.15, 0.2) is 42.5 Å². The van der Waals surface area contributed by atoms with E-state index in [0.29, 0.717) is 5.56 Å². The summed E-state index contributed by atoms with van der Waals surface area (Å²) in [6.45, 7) is -0.390. The average Bonchev–Trinajstić information content (AvgIpc) is 3.16. The largest absolute Gasteiger partial charge is 0.504 e. The zero-order valence-electron chi connectivity index (χ0n) is 29.2. The summed E-state index contributed by atoms with van der Waals surface area (Å²) in [6, 6.07) is 7.81. The van der Waals surface area contributed by atoms with Gasteiger partial charge in [0.2, 0.25) is 0 Å². The Kier molecular flexibility index (Phi) is 14.3. The molecular formula is C35H46O20. The molecule has 20 nitrogen and oxygen atoms in total. The van der Waals surface area contributed by atoms with Crippen LogP contribution >= 0.6 is 0 Å².